The number of rotatable bonds is 15. The minimum atomic E-state index is -1.50. The summed E-state index contributed by atoms with van der Waals surface area (Å²) in [6.07, 6.45) is 2.76. The third-order valence-electron chi connectivity index (χ3n) is 6.49. The smallest absolute Gasteiger partial charge is 0.326 e. The molecule has 1 aromatic rings. The van der Waals surface area contributed by atoms with Crippen molar-refractivity contribution in [3.05, 3.63) is 23.8 Å². The zero-order valence-corrected chi connectivity index (χ0v) is 23.3. The van der Waals surface area contributed by atoms with E-state index in [0.717, 1.165) is 6.42 Å². The average molecular weight is 522 g/mol. The summed E-state index contributed by atoms with van der Waals surface area (Å²) in [4.78, 5) is 49.7. The number of benzene rings is 1. The minimum Gasteiger partial charge on any atom is -0.468 e. The van der Waals surface area contributed by atoms with E-state index in [1.165, 1.54) is 19.2 Å². The highest BCUT2D eigenvalue weighted by atomic mass is 16.6. The van der Waals surface area contributed by atoms with E-state index in [9.17, 15) is 19.2 Å². The first-order chi connectivity index (χ1) is 17.4. The van der Waals surface area contributed by atoms with Gasteiger partial charge >= 0.3 is 23.9 Å². The average Bonchev–Trinajstić information content (AvgIpc) is 2.88. The second-order valence-corrected chi connectivity index (χ2v) is 9.67. The van der Waals surface area contributed by atoms with Crippen LogP contribution in [-0.2, 0) is 35.1 Å². The third-order valence-corrected chi connectivity index (χ3v) is 6.49. The summed E-state index contributed by atoms with van der Waals surface area (Å²) >= 11 is 0. The monoisotopic (exact) mass is 521 g/mol. The minimum absolute atomic E-state index is 0.00914. The van der Waals surface area contributed by atoms with Gasteiger partial charge in [-0.15, -0.1) is 0 Å². The molecule has 0 saturated carbocycles. The number of hydrogen-bond acceptors (Lipinski definition) is 9. The Morgan fingerprint density at radius 1 is 0.865 bits per heavy atom. The van der Waals surface area contributed by atoms with Crippen LogP contribution in [0.25, 0.3) is 0 Å². The molecule has 0 saturated heterocycles. The molecular formula is C28H43NO8. The molecule has 4 atom stereocenters. The van der Waals surface area contributed by atoms with Crippen LogP contribution < -0.4 is 15.2 Å². The van der Waals surface area contributed by atoms with Crippen molar-refractivity contribution < 1.29 is 38.1 Å². The molecule has 0 spiro atoms. The van der Waals surface area contributed by atoms with Crippen LogP contribution in [0.2, 0.25) is 0 Å². The Morgan fingerprint density at radius 3 is 1.95 bits per heavy atom. The summed E-state index contributed by atoms with van der Waals surface area (Å²) in [5.74, 6) is -2.72. The predicted molar refractivity (Wildman–Crippen MR) is 139 cm³/mol. The van der Waals surface area contributed by atoms with Gasteiger partial charge in [0.25, 0.3) is 0 Å². The third kappa shape index (κ3) is 9.80. The normalized spacial score (nSPS) is 15.0. The number of nitrogens with two attached hydrogens (primary N) is 1. The molecule has 0 amide bonds. The van der Waals surface area contributed by atoms with Crippen LogP contribution in [0.4, 0.5) is 0 Å². The van der Waals surface area contributed by atoms with Crippen molar-refractivity contribution in [1.82, 2.24) is 0 Å². The van der Waals surface area contributed by atoms with E-state index < -0.39 is 23.4 Å². The van der Waals surface area contributed by atoms with E-state index in [4.69, 9.17) is 24.7 Å². The van der Waals surface area contributed by atoms with Crippen LogP contribution in [0.5, 0.6) is 11.5 Å². The molecular weight excluding hydrogens is 478 g/mol. The van der Waals surface area contributed by atoms with E-state index in [1.807, 2.05) is 20.8 Å². The van der Waals surface area contributed by atoms with Crippen LogP contribution in [-0.4, -0.2) is 43.1 Å². The van der Waals surface area contributed by atoms with Crippen LogP contribution >= 0.6 is 0 Å². The topological polar surface area (TPSA) is 131 Å². The van der Waals surface area contributed by atoms with Gasteiger partial charge in [-0.05, 0) is 37.0 Å². The molecule has 9 heteroatoms. The number of hydrogen-bond donors (Lipinski definition) is 1. The van der Waals surface area contributed by atoms with Crippen LogP contribution in [0.3, 0.4) is 0 Å². The molecule has 0 bridgehead atoms. The van der Waals surface area contributed by atoms with Crippen LogP contribution in [0, 0.1) is 17.8 Å². The Bertz CT molecular complexity index is 931. The van der Waals surface area contributed by atoms with E-state index in [2.05, 4.69) is 0 Å². The van der Waals surface area contributed by atoms with Gasteiger partial charge in [-0.2, -0.15) is 0 Å². The van der Waals surface area contributed by atoms with Gasteiger partial charge in [0.2, 0.25) is 0 Å². The van der Waals surface area contributed by atoms with E-state index in [0.29, 0.717) is 24.8 Å². The summed E-state index contributed by atoms with van der Waals surface area (Å²) in [5, 5.41) is 0. The molecule has 0 aliphatic rings. The molecule has 0 aromatic heterocycles. The second-order valence-electron chi connectivity index (χ2n) is 9.67. The van der Waals surface area contributed by atoms with Crippen molar-refractivity contribution >= 4 is 23.9 Å². The lowest BCUT2D eigenvalue weighted by Gasteiger charge is -2.27. The van der Waals surface area contributed by atoms with E-state index >= 15 is 0 Å². The molecule has 0 fully saturated rings. The largest absolute Gasteiger partial charge is 0.468 e. The van der Waals surface area contributed by atoms with Gasteiger partial charge in [-0.3, -0.25) is 19.2 Å². The Balaban J connectivity index is 3.20. The Kier molecular flexibility index (Phi) is 13.3. The summed E-state index contributed by atoms with van der Waals surface area (Å²) in [6, 6.07) is 4.68. The Labute approximate surface area is 220 Å². The number of esters is 4. The number of carbonyl (C=O) groups is 4. The second kappa shape index (κ2) is 15.3. The molecule has 9 nitrogen and oxygen atoms in total. The molecule has 3 unspecified atom stereocenters. The van der Waals surface area contributed by atoms with Crippen molar-refractivity contribution in [1.29, 1.82) is 0 Å². The fourth-order valence-electron chi connectivity index (χ4n) is 3.43. The maximum absolute atomic E-state index is 12.6. The van der Waals surface area contributed by atoms with Crippen molar-refractivity contribution in [3.63, 3.8) is 0 Å². The fraction of sp³-hybridized carbons (Fsp3) is 0.643. The first-order valence-corrected chi connectivity index (χ1v) is 13.0. The van der Waals surface area contributed by atoms with Crippen molar-refractivity contribution in [2.24, 2.45) is 23.5 Å². The van der Waals surface area contributed by atoms with Crippen molar-refractivity contribution in [2.75, 3.05) is 13.7 Å². The molecule has 0 heterocycles. The van der Waals surface area contributed by atoms with E-state index in [-0.39, 0.29) is 54.7 Å². The maximum atomic E-state index is 12.6. The summed E-state index contributed by atoms with van der Waals surface area (Å²) in [5.41, 5.74) is 5.49. The molecule has 1 aromatic carbocycles. The molecule has 0 aliphatic heterocycles. The summed E-state index contributed by atoms with van der Waals surface area (Å²) in [7, 11) is 1.23. The Morgan fingerprint density at radius 2 is 1.43 bits per heavy atom. The molecule has 0 aliphatic carbocycles. The zero-order valence-electron chi connectivity index (χ0n) is 23.3. The van der Waals surface area contributed by atoms with Crippen LogP contribution in [0.1, 0.15) is 79.2 Å². The highest BCUT2D eigenvalue weighted by Crippen LogP contribution is 2.32. The molecule has 208 valence electrons. The fourth-order valence-corrected chi connectivity index (χ4v) is 3.43. The molecule has 1 rings (SSSR count). The van der Waals surface area contributed by atoms with Gasteiger partial charge in [0.15, 0.2) is 11.5 Å². The lowest BCUT2D eigenvalue weighted by Crippen LogP contribution is -2.51. The van der Waals surface area contributed by atoms with Gasteiger partial charge in [-0.1, -0.05) is 54.0 Å². The Hall–Kier alpha value is -2.94. The number of ether oxygens (including phenoxy) is 4. The zero-order chi connectivity index (χ0) is 28.2. The van der Waals surface area contributed by atoms with Gasteiger partial charge in [-0.25, -0.2) is 0 Å². The number of carbonyl (C=O) groups excluding carboxylic acids is 4. The van der Waals surface area contributed by atoms with Gasteiger partial charge in [0, 0.05) is 12.8 Å². The quantitative estimate of drug-likeness (QED) is 0.264. The standard InChI is InChI=1S/C28H43NO8/c1-8-11-20(6)24(30)35-15-14-28(29,27(33)34-7)17-21-12-13-22(36-25(31)18(4)9-2)23(16-21)37-26(32)19(5)10-3/h12-13,16,18-20H,8-11,14-15,17,29H2,1-7H3/t18?,19?,20-,28?/m0/s1. The molecule has 37 heavy (non-hydrogen) atoms. The lowest BCUT2D eigenvalue weighted by atomic mass is 9.88. The van der Waals surface area contributed by atoms with E-state index in [1.54, 1.807) is 26.8 Å². The highest BCUT2D eigenvalue weighted by molar-refractivity contribution is 5.81. The summed E-state index contributed by atoms with van der Waals surface area (Å²) in [6.45, 7) is 10.9. The van der Waals surface area contributed by atoms with Gasteiger partial charge in [0.1, 0.15) is 5.54 Å². The van der Waals surface area contributed by atoms with Gasteiger partial charge in [0.05, 0.1) is 31.5 Å². The summed E-state index contributed by atoms with van der Waals surface area (Å²) < 4.78 is 21.3. The maximum Gasteiger partial charge on any atom is 0.326 e. The van der Waals surface area contributed by atoms with Crippen molar-refractivity contribution in [3.8, 4) is 11.5 Å². The predicted octanol–water partition coefficient (Wildman–Crippen LogP) is 4.37. The van der Waals surface area contributed by atoms with Crippen LogP contribution in [0.15, 0.2) is 18.2 Å². The van der Waals surface area contributed by atoms with Crippen molar-refractivity contribution in [2.45, 2.75) is 85.6 Å². The molecule has 0 radical (unpaired) electrons. The van der Waals surface area contributed by atoms with Gasteiger partial charge < -0.3 is 24.7 Å². The highest BCUT2D eigenvalue weighted by Gasteiger charge is 2.36. The molecule has 2 N–H and O–H groups in total. The SMILES string of the molecule is CCC[C@H](C)C(=O)OCCC(N)(Cc1ccc(OC(=O)C(C)CC)c(OC(=O)C(C)CC)c1)C(=O)OC. The lowest BCUT2D eigenvalue weighted by molar-refractivity contribution is -0.153. The first-order valence-electron chi connectivity index (χ1n) is 13.0. The first kappa shape index (κ1) is 32.1. The number of methoxy groups -OCH3 is 1.